The standard InChI is InChI=1S/C18H24ClN3O2/c1-14-5-3-9-21(17(14)13-23)12-18(24)22(10-4-8-20)16-7-2-6-15(19)11-16/h2,6-7,11,14,17,23H,3-5,9-10,12-13H2,1H3. The van der Waals surface area contributed by atoms with E-state index in [4.69, 9.17) is 16.9 Å². The third-order valence-corrected chi connectivity index (χ3v) is 4.86. The van der Waals surface area contributed by atoms with E-state index in [9.17, 15) is 9.90 Å². The highest BCUT2D eigenvalue weighted by molar-refractivity contribution is 6.30. The molecule has 130 valence electrons. The third kappa shape index (κ3) is 4.70. The number of likely N-dealkylation sites (tertiary alicyclic amines) is 1. The van der Waals surface area contributed by atoms with Crippen molar-refractivity contribution in [2.45, 2.75) is 32.2 Å². The van der Waals surface area contributed by atoms with Crippen LogP contribution in [-0.2, 0) is 4.79 Å². The number of anilines is 1. The molecule has 1 saturated heterocycles. The zero-order valence-electron chi connectivity index (χ0n) is 14.0. The van der Waals surface area contributed by atoms with E-state index in [-0.39, 0.29) is 31.5 Å². The molecule has 6 heteroatoms. The number of halogens is 1. The fourth-order valence-corrected chi connectivity index (χ4v) is 3.47. The normalized spacial score (nSPS) is 21.2. The highest BCUT2D eigenvalue weighted by Gasteiger charge is 2.30. The molecule has 0 aromatic heterocycles. The minimum Gasteiger partial charge on any atom is -0.395 e. The van der Waals surface area contributed by atoms with E-state index in [0.29, 0.717) is 23.2 Å². The summed E-state index contributed by atoms with van der Waals surface area (Å²) >= 11 is 6.04. The van der Waals surface area contributed by atoms with Crippen LogP contribution in [0.25, 0.3) is 0 Å². The summed E-state index contributed by atoms with van der Waals surface area (Å²) in [6, 6.07) is 9.21. The van der Waals surface area contributed by atoms with Gasteiger partial charge >= 0.3 is 0 Å². The zero-order valence-corrected chi connectivity index (χ0v) is 14.7. The van der Waals surface area contributed by atoms with Crippen molar-refractivity contribution < 1.29 is 9.90 Å². The number of benzene rings is 1. The van der Waals surface area contributed by atoms with Gasteiger partial charge in [-0.2, -0.15) is 5.26 Å². The number of hydrogen-bond acceptors (Lipinski definition) is 4. The topological polar surface area (TPSA) is 67.6 Å². The molecule has 1 aliphatic rings. The van der Waals surface area contributed by atoms with Crippen LogP contribution in [0.5, 0.6) is 0 Å². The average Bonchev–Trinajstić information content (AvgIpc) is 2.55. The fourth-order valence-electron chi connectivity index (χ4n) is 3.29. The number of carbonyl (C=O) groups excluding carboxylic acids is 1. The van der Waals surface area contributed by atoms with Crippen LogP contribution in [0.2, 0.25) is 5.02 Å². The molecule has 0 saturated carbocycles. The van der Waals surface area contributed by atoms with Crippen LogP contribution in [-0.4, -0.2) is 48.2 Å². The molecule has 1 aromatic carbocycles. The maximum absolute atomic E-state index is 12.8. The molecule has 0 radical (unpaired) electrons. The Labute approximate surface area is 148 Å². The number of rotatable bonds is 6. The van der Waals surface area contributed by atoms with Crippen molar-refractivity contribution in [2.24, 2.45) is 5.92 Å². The monoisotopic (exact) mass is 349 g/mol. The van der Waals surface area contributed by atoms with Crippen molar-refractivity contribution in [3.63, 3.8) is 0 Å². The predicted octanol–water partition coefficient (Wildman–Crippen LogP) is 2.68. The maximum Gasteiger partial charge on any atom is 0.241 e. The van der Waals surface area contributed by atoms with E-state index < -0.39 is 0 Å². The number of aliphatic hydroxyl groups excluding tert-OH is 1. The van der Waals surface area contributed by atoms with E-state index in [2.05, 4.69) is 17.9 Å². The molecule has 0 bridgehead atoms. The van der Waals surface area contributed by atoms with E-state index in [0.717, 1.165) is 19.4 Å². The quantitative estimate of drug-likeness (QED) is 0.857. The summed E-state index contributed by atoms with van der Waals surface area (Å²) in [5.74, 6) is 0.301. The van der Waals surface area contributed by atoms with Crippen LogP contribution in [0.4, 0.5) is 5.69 Å². The van der Waals surface area contributed by atoms with Crippen LogP contribution >= 0.6 is 11.6 Å². The molecule has 1 aromatic rings. The largest absolute Gasteiger partial charge is 0.395 e. The average molecular weight is 350 g/mol. The Hall–Kier alpha value is -1.61. The number of hydrogen-bond donors (Lipinski definition) is 1. The highest BCUT2D eigenvalue weighted by Crippen LogP contribution is 2.24. The molecule has 24 heavy (non-hydrogen) atoms. The van der Waals surface area contributed by atoms with Gasteiger partial charge in [0.2, 0.25) is 5.91 Å². The molecule has 5 nitrogen and oxygen atoms in total. The smallest absolute Gasteiger partial charge is 0.241 e. The van der Waals surface area contributed by atoms with Crippen molar-refractivity contribution in [3.05, 3.63) is 29.3 Å². The highest BCUT2D eigenvalue weighted by atomic mass is 35.5. The number of nitriles is 1. The third-order valence-electron chi connectivity index (χ3n) is 4.62. The van der Waals surface area contributed by atoms with Gasteiger partial charge in [0, 0.05) is 23.3 Å². The van der Waals surface area contributed by atoms with Gasteiger partial charge in [0.1, 0.15) is 0 Å². The van der Waals surface area contributed by atoms with Gasteiger partial charge in [-0.3, -0.25) is 9.69 Å². The van der Waals surface area contributed by atoms with Gasteiger partial charge in [0.15, 0.2) is 0 Å². The Balaban J connectivity index is 2.14. The molecular weight excluding hydrogens is 326 g/mol. The van der Waals surface area contributed by atoms with Crippen LogP contribution < -0.4 is 4.90 Å². The summed E-state index contributed by atoms with van der Waals surface area (Å²) in [5, 5.41) is 19.1. The van der Waals surface area contributed by atoms with E-state index in [1.807, 2.05) is 6.07 Å². The van der Waals surface area contributed by atoms with Gasteiger partial charge in [0.25, 0.3) is 0 Å². The molecular formula is C18H24ClN3O2. The van der Waals surface area contributed by atoms with Crippen molar-refractivity contribution in [1.29, 1.82) is 5.26 Å². The Morgan fingerprint density at radius 1 is 1.54 bits per heavy atom. The lowest BCUT2D eigenvalue weighted by Gasteiger charge is -2.39. The van der Waals surface area contributed by atoms with Crippen molar-refractivity contribution in [3.8, 4) is 6.07 Å². The van der Waals surface area contributed by atoms with E-state index in [1.165, 1.54) is 0 Å². The molecule has 2 rings (SSSR count). The Morgan fingerprint density at radius 3 is 3.00 bits per heavy atom. The second kappa shape index (κ2) is 9.03. The SMILES string of the molecule is CC1CCCN(CC(=O)N(CCC#N)c2cccc(Cl)c2)C1CO. The maximum atomic E-state index is 12.8. The van der Waals surface area contributed by atoms with Crippen molar-refractivity contribution >= 4 is 23.2 Å². The number of carbonyl (C=O) groups is 1. The summed E-state index contributed by atoms with van der Waals surface area (Å²) in [4.78, 5) is 16.5. The van der Waals surface area contributed by atoms with E-state index in [1.54, 1.807) is 23.1 Å². The van der Waals surface area contributed by atoms with Gasteiger partial charge in [-0.15, -0.1) is 0 Å². The molecule has 1 fully saturated rings. The number of aliphatic hydroxyl groups is 1. The number of nitrogens with zero attached hydrogens (tertiary/aromatic N) is 3. The molecule has 1 amide bonds. The van der Waals surface area contributed by atoms with Gasteiger partial charge in [0.05, 0.1) is 25.6 Å². The first-order chi connectivity index (χ1) is 11.6. The summed E-state index contributed by atoms with van der Waals surface area (Å²) < 4.78 is 0. The predicted molar refractivity (Wildman–Crippen MR) is 94.9 cm³/mol. The second-order valence-electron chi connectivity index (χ2n) is 6.27. The summed E-state index contributed by atoms with van der Waals surface area (Å²) in [6.45, 7) is 3.56. The first kappa shape index (κ1) is 18.7. The minimum atomic E-state index is -0.0694. The zero-order chi connectivity index (χ0) is 17.5. The van der Waals surface area contributed by atoms with Gasteiger partial charge in [-0.25, -0.2) is 0 Å². The number of piperidine rings is 1. The van der Waals surface area contributed by atoms with Crippen LogP contribution in [0.15, 0.2) is 24.3 Å². The molecule has 0 spiro atoms. The lowest BCUT2D eigenvalue weighted by Crippen LogP contribution is -2.51. The molecule has 1 aliphatic heterocycles. The first-order valence-corrected chi connectivity index (χ1v) is 8.72. The molecule has 0 aliphatic carbocycles. The van der Waals surface area contributed by atoms with Crippen molar-refractivity contribution in [2.75, 3.05) is 31.1 Å². The van der Waals surface area contributed by atoms with Crippen LogP contribution in [0.3, 0.4) is 0 Å². The molecule has 2 unspecified atom stereocenters. The summed E-state index contributed by atoms with van der Waals surface area (Å²) in [5.41, 5.74) is 0.702. The lowest BCUT2D eigenvalue weighted by atomic mass is 9.91. The summed E-state index contributed by atoms with van der Waals surface area (Å²) in [7, 11) is 0. The molecule has 2 atom stereocenters. The Bertz CT molecular complexity index is 602. The second-order valence-corrected chi connectivity index (χ2v) is 6.71. The summed E-state index contributed by atoms with van der Waals surface area (Å²) in [6.07, 6.45) is 2.36. The van der Waals surface area contributed by atoms with Crippen LogP contribution in [0.1, 0.15) is 26.2 Å². The van der Waals surface area contributed by atoms with E-state index >= 15 is 0 Å². The fraction of sp³-hybridized carbons (Fsp3) is 0.556. The first-order valence-electron chi connectivity index (χ1n) is 8.34. The molecule has 1 heterocycles. The van der Waals surface area contributed by atoms with Gasteiger partial charge in [-0.1, -0.05) is 24.6 Å². The van der Waals surface area contributed by atoms with Gasteiger partial charge < -0.3 is 10.0 Å². The van der Waals surface area contributed by atoms with Crippen LogP contribution in [0, 0.1) is 17.2 Å². The van der Waals surface area contributed by atoms with Crippen molar-refractivity contribution in [1.82, 2.24) is 4.90 Å². The lowest BCUT2D eigenvalue weighted by molar-refractivity contribution is -0.121. The molecule has 1 N–H and O–H groups in total. The number of amides is 1. The minimum absolute atomic E-state index is 0.0138. The van der Waals surface area contributed by atoms with Gasteiger partial charge in [-0.05, 0) is 43.5 Å². The Kier molecular flexibility index (Phi) is 7.04. The Morgan fingerprint density at radius 2 is 2.33 bits per heavy atom.